The number of benzene rings is 1. The Hall–Kier alpha value is -3.53. The van der Waals surface area contributed by atoms with Crippen molar-refractivity contribution in [1.82, 2.24) is 14.9 Å². The predicted octanol–water partition coefficient (Wildman–Crippen LogP) is 3.81. The van der Waals surface area contributed by atoms with Gasteiger partial charge in [0.1, 0.15) is 11.4 Å². The number of hydrogen-bond donors (Lipinski definition) is 1. The minimum atomic E-state index is -0.698. The number of aromatic nitrogens is 2. The summed E-state index contributed by atoms with van der Waals surface area (Å²) in [5.41, 5.74) is 5.60. The van der Waals surface area contributed by atoms with Crippen molar-refractivity contribution >= 4 is 29.9 Å². The van der Waals surface area contributed by atoms with Crippen molar-refractivity contribution in [3.8, 4) is 0 Å². The molecule has 1 saturated carbocycles. The Labute approximate surface area is 229 Å². The summed E-state index contributed by atoms with van der Waals surface area (Å²) in [5.74, 6) is 0.874. The standard InChI is InChI=1S/C29H38N6O4/c1-20-7-5-8-21(15-20)17-30-33-27-31-23-19-35(18-22(23)25(32-27)34-11-13-38-14-12-34)26(37)29(9-6-10-29)16-24(36)39-28(2,3)4/h5,7-8,15,17H,6,9-14,16,18-19H2,1-4H3,(H,31,32,33)/b30-17+. The molecular formula is C29H38N6O4. The summed E-state index contributed by atoms with van der Waals surface area (Å²) in [4.78, 5) is 40.1. The molecule has 1 amide bonds. The van der Waals surface area contributed by atoms with Crippen molar-refractivity contribution in [1.29, 1.82) is 0 Å². The first-order valence-electron chi connectivity index (χ1n) is 13.7. The molecule has 3 heterocycles. The van der Waals surface area contributed by atoms with Gasteiger partial charge in [-0.3, -0.25) is 9.59 Å². The number of rotatable bonds is 7. The number of fused-ring (bicyclic) bond motifs is 1. The number of hydrogen-bond acceptors (Lipinski definition) is 9. The van der Waals surface area contributed by atoms with E-state index in [1.165, 1.54) is 0 Å². The van der Waals surface area contributed by atoms with Gasteiger partial charge in [0.25, 0.3) is 0 Å². The summed E-state index contributed by atoms with van der Waals surface area (Å²) in [6.07, 6.45) is 4.17. The summed E-state index contributed by atoms with van der Waals surface area (Å²) >= 11 is 0. The van der Waals surface area contributed by atoms with Crippen LogP contribution < -0.4 is 10.3 Å². The lowest BCUT2D eigenvalue weighted by Gasteiger charge is -2.42. The summed E-state index contributed by atoms with van der Waals surface area (Å²) in [7, 11) is 0. The number of esters is 1. The Balaban J connectivity index is 1.36. The van der Waals surface area contributed by atoms with Crippen LogP contribution >= 0.6 is 0 Å². The number of anilines is 2. The normalized spacial score (nSPS) is 18.6. The van der Waals surface area contributed by atoms with Crippen LogP contribution in [0.25, 0.3) is 0 Å². The van der Waals surface area contributed by atoms with Crippen LogP contribution in [-0.4, -0.2) is 64.9 Å². The molecule has 2 fully saturated rings. The third-order valence-corrected chi connectivity index (χ3v) is 7.45. The van der Waals surface area contributed by atoms with E-state index in [4.69, 9.17) is 19.4 Å². The molecule has 2 aromatic rings. The van der Waals surface area contributed by atoms with Gasteiger partial charge in [-0.05, 0) is 46.1 Å². The van der Waals surface area contributed by atoms with E-state index in [0.717, 1.165) is 34.6 Å². The first kappa shape index (κ1) is 27.1. The third kappa shape index (κ3) is 6.21. The van der Waals surface area contributed by atoms with Crippen molar-refractivity contribution in [2.24, 2.45) is 10.5 Å². The highest BCUT2D eigenvalue weighted by molar-refractivity contribution is 5.89. The van der Waals surface area contributed by atoms with Crippen molar-refractivity contribution < 1.29 is 19.1 Å². The molecule has 0 bridgehead atoms. The van der Waals surface area contributed by atoms with Crippen LogP contribution in [0.2, 0.25) is 0 Å². The quantitative estimate of drug-likeness (QED) is 0.325. The fraction of sp³-hybridized carbons (Fsp3) is 0.552. The number of ether oxygens (including phenoxy) is 2. The summed E-state index contributed by atoms with van der Waals surface area (Å²) < 4.78 is 11.1. The molecule has 1 N–H and O–H groups in total. The predicted molar refractivity (Wildman–Crippen MR) is 148 cm³/mol. The van der Waals surface area contributed by atoms with Gasteiger partial charge in [0.2, 0.25) is 11.9 Å². The number of morpholine rings is 1. The molecule has 0 radical (unpaired) electrons. The molecule has 5 rings (SSSR count). The summed E-state index contributed by atoms with van der Waals surface area (Å²) in [6.45, 7) is 11.0. The molecule has 0 unspecified atom stereocenters. The number of carbonyl (C=O) groups excluding carboxylic acids is 2. The van der Waals surface area contributed by atoms with Gasteiger partial charge in [0.15, 0.2) is 0 Å². The number of amides is 1. The molecule has 10 nitrogen and oxygen atoms in total. The molecule has 2 aliphatic heterocycles. The van der Waals surface area contributed by atoms with Crippen LogP contribution in [-0.2, 0) is 32.2 Å². The number of carbonyl (C=O) groups is 2. The van der Waals surface area contributed by atoms with Crippen LogP contribution in [0.3, 0.4) is 0 Å². The molecule has 39 heavy (non-hydrogen) atoms. The second kappa shape index (κ2) is 10.9. The van der Waals surface area contributed by atoms with E-state index < -0.39 is 11.0 Å². The van der Waals surface area contributed by atoms with Crippen LogP contribution in [0.15, 0.2) is 29.4 Å². The molecule has 1 aromatic heterocycles. The molecule has 1 aromatic carbocycles. The Morgan fingerprint density at radius 3 is 2.62 bits per heavy atom. The van der Waals surface area contributed by atoms with Gasteiger partial charge in [-0.25, -0.2) is 10.4 Å². The maximum absolute atomic E-state index is 13.8. The lowest BCUT2D eigenvalue weighted by molar-refractivity contribution is -0.166. The zero-order valence-corrected chi connectivity index (χ0v) is 23.3. The van der Waals surface area contributed by atoms with Crippen molar-refractivity contribution in [3.63, 3.8) is 0 Å². The highest BCUT2D eigenvalue weighted by Crippen LogP contribution is 2.47. The fourth-order valence-electron chi connectivity index (χ4n) is 5.44. The fourth-order valence-corrected chi connectivity index (χ4v) is 5.44. The SMILES string of the molecule is Cc1cccc(/C=N/Nc2nc3c(c(N4CCOCC4)n2)CN(C(=O)C2(CC(=O)OC(C)(C)C)CCC2)C3)c1. The van der Waals surface area contributed by atoms with E-state index in [2.05, 4.69) is 15.4 Å². The van der Waals surface area contributed by atoms with Gasteiger partial charge in [-0.1, -0.05) is 36.2 Å². The summed E-state index contributed by atoms with van der Waals surface area (Å²) in [5, 5.41) is 4.37. The van der Waals surface area contributed by atoms with Gasteiger partial charge in [0.05, 0.1) is 50.0 Å². The minimum Gasteiger partial charge on any atom is -0.460 e. The van der Waals surface area contributed by atoms with Gasteiger partial charge < -0.3 is 19.3 Å². The van der Waals surface area contributed by atoms with Crippen molar-refractivity contribution in [2.75, 3.05) is 36.6 Å². The average Bonchev–Trinajstić information content (AvgIpc) is 3.29. The highest BCUT2D eigenvalue weighted by Gasteiger charge is 2.49. The monoisotopic (exact) mass is 534 g/mol. The number of hydrazone groups is 1. The number of nitrogens with one attached hydrogen (secondary N) is 1. The van der Waals surface area contributed by atoms with Gasteiger partial charge in [-0.15, -0.1) is 0 Å². The Kier molecular flexibility index (Phi) is 7.57. The topological polar surface area (TPSA) is 109 Å². The second-order valence-electron chi connectivity index (χ2n) is 11.7. The van der Waals surface area contributed by atoms with E-state index in [9.17, 15) is 9.59 Å². The van der Waals surface area contributed by atoms with Crippen LogP contribution in [0.5, 0.6) is 0 Å². The number of aryl methyl sites for hydroxylation is 1. The zero-order chi connectivity index (χ0) is 27.6. The lowest BCUT2D eigenvalue weighted by Crippen LogP contribution is -2.48. The minimum absolute atomic E-state index is 0.00230. The smallest absolute Gasteiger partial charge is 0.307 e. The zero-order valence-electron chi connectivity index (χ0n) is 23.3. The first-order chi connectivity index (χ1) is 18.6. The van der Waals surface area contributed by atoms with Crippen molar-refractivity contribution in [3.05, 3.63) is 46.6 Å². The maximum atomic E-state index is 13.8. The summed E-state index contributed by atoms with van der Waals surface area (Å²) in [6, 6.07) is 8.06. The molecule has 1 saturated heterocycles. The van der Waals surface area contributed by atoms with E-state index in [0.29, 0.717) is 58.2 Å². The Morgan fingerprint density at radius 2 is 1.95 bits per heavy atom. The van der Waals surface area contributed by atoms with E-state index >= 15 is 0 Å². The maximum Gasteiger partial charge on any atom is 0.307 e. The lowest BCUT2D eigenvalue weighted by atomic mass is 9.65. The van der Waals surface area contributed by atoms with E-state index in [1.54, 1.807) is 6.21 Å². The van der Waals surface area contributed by atoms with Gasteiger partial charge in [-0.2, -0.15) is 10.1 Å². The molecule has 1 aliphatic carbocycles. The molecule has 0 spiro atoms. The molecule has 10 heteroatoms. The van der Waals surface area contributed by atoms with Crippen molar-refractivity contribution in [2.45, 2.75) is 72.1 Å². The molecule has 3 aliphatic rings. The van der Waals surface area contributed by atoms with Crippen LogP contribution in [0.4, 0.5) is 11.8 Å². The first-order valence-corrected chi connectivity index (χ1v) is 13.7. The molecule has 0 atom stereocenters. The van der Waals surface area contributed by atoms with E-state index in [1.807, 2.05) is 56.9 Å². The average molecular weight is 535 g/mol. The third-order valence-electron chi connectivity index (χ3n) is 7.45. The van der Waals surface area contributed by atoms with Gasteiger partial charge in [0, 0.05) is 18.7 Å². The van der Waals surface area contributed by atoms with Gasteiger partial charge >= 0.3 is 5.97 Å². The molecule has 208 valence electrons. The van der Waals surface area contributed by atoms with Crippen LogP contribution in [0.1, 0.15) is 68.8 Å². The Morgan fingerprint density at radius 1 is 1.18 bits per heavy atom. The Bertz CT molecular complexity index is 1260. The van der Waals surface area contributed by atoms with Crippen LogP contribution in [0, 0.1) is 12.3 Å². The number of nitrogens with zero attached hydrogens (tertiary/aromatic N) is 5. The molecular weight excluding hydrogens is 496 g/mol. The van der Waals surface area contributed by atoms with E-state index in [-0.39, 0.29) is 18.3 Å². The second-order valence-corrected chi connectivity index (χ2v) is 11.7. The highest BCUT2D eigenvalue weighted by atomic mass is 16.6. The largest absolute Gasteiger partial charge is 0.460 e.